The van der Waals surface area contributed by atoms with E-state index >= 15 is 0 Å². The van der Waals surface area contributed by atoms with Gasteiger partial charge >= 0.3 is 0 Å². The zero-order valence-corrected chi connectivity index (χ0v) is 14.8. The maximum Gasteiger partial charge on any atom is 0.141 e. The minimum absolute atomic E-state index is 0.194. The summed E-state index contributed by atoms with van der Waals surface area (Å²) >= 11 is 0. The Bertz CT molecular complexity index is 806. The molecule has 3 rings (SSSR count). The number of aliphatic hydroxyl groups excluding tert-OH is 1. The van der Waals surface area contributed by atoms with Gasteiger partial charge in [-0.3, -0.25) is 10.00 Å². The molecular formula is C19H25N5O. The number of nitrogens with one attached hydrogen (secondary N) is 2. The molecule has 0 unspecified atom stereocenters. The number of hydrogen-bond acceptors (Lipinski definition) is 5. The summed E-state index contributed by atoms with van der Waals surface area (Å²) in [5, 5.41) is 20.8. The summed E-state index contributed by atoms with van der Waals surface area (Å²) < 4.78 is 0. The van der Waals surface area contributed by atoms with Gasteiger partial charge in [-0.05, 0) is 43.7 Å². The van der Waals surface area contributed by atoms with Gasteiger partial charge in [-0.1, -0.05) is 19.1 Å². The van der Waals surface area contributed by atoms with Crippen LogP contribution < -0.4 is 5.32 Å². The average molecular weight is 339 g/mol. The Kier molecular flexibility index (Phi) is 5.63. The van der Waals surface area contributed by atoms with Crippen molar-refractivity contribution in [2.45, 2.75) is 26.8 Å². The summed E-state index contributed by atoms with van der Waals surface area (Å²) in [6, 6.07) is 10.3. The lowest BCUT2D eigenvalue weighted by Crippen LogP contribution is -2.27. The molecule has 0 aliphatic rings. The minimum Gasteiger partial charge on any atom is -0.395 e. The molecule has 0 radical (unpaired) electrons. The zero-order chi connectivity index (χ0) is 17.6. The number of fused-ring (bicyclic) bond motifs is 1. The molecule has 0 saturated heterocycles. The average Bonchev–Trinajstić information content (AvgIpc) is 2.99. The number of hydrogen-bond donors (Lipinski definition) is 3. The second-order valence-corrected chi connectivity index (χ2v) is 6.22. The molecule has 2 aromatic heterocycles. The molecule has 0 aliphatic carbocycles. The highest BCUT2D eigenvalue weighted by Gasteiger charge is 2.09. The van der Waals surface area contributed by atoms with E-state index in [2.05, 4.69) is 56.6 Å². The number of anilines is 2. The molecule has 25 heavy (non-hydrogen) atoms. The number of aliphatic hydroxyl groups is 1. The molecule has 6 heteroatoms. The highest BCUT2D eigenvalue weighted by molar-refractivity contribution is 5.92. The maximum absolute atomic E-state index is 9.17. The van der Waals surface area contributed by atoms with Crippen molar-refractivity contribution in [3.05, 3.63) is 47.8 Å². The van der Waals surface area contributed by atoms with Gasteiger partial charge in [0, 0.05) is 30.7 Å². The number of pyridine rings is 1. The molecule has 1 aromatic carbocycles. The Balaban J connectivity index is 1.73. The molecule has 0 spiro atoms. The molecule has 3 aromatic rings. The first kappa shape index (κ1) is 17.4. The lowest BCUT2D eigenvalue weighted by molar-refractivity contribution is 0.190. The van der Waals surface area contributed by atoms with Crippen LogP contribution in [0.5, 0.6) is 0 Å². The van der Waals surface area contributed by atoms with E-state index in [0.29, 0.717) is 6.54 Å². The largest absolute Gasteiger partial charge is 0.395 e. The van der Waals surface area contributed by atoms with Gasteiger partial charge in [0.25, 0.3) is 0 Å². The van der Waals surface area contributed by atoms with Gasteiger partial charge in [0.05, 0.1) is 17.5 Å². The van der Waals surface area contributed by atoms with E-state index in [-0.39, 0.29) is 6.61 Å². The van der Waals surface area contributed by atoms with Crippen molar-refractivity contribution < 1.29 is 5.11 Å². The fourth-order valence-corrected chi connectivity index (χ4v) is 3.03. The Morgan fingerprint density at radius 1 is 1.16 bits per heavy atom. The van der Waals surface area contributed by atoms with E-state index in [9.17, 15) is 5.11 Å². The fraction of sp³-hybridized carbons (Fsp3) is 0.368. The standard InChI is InChI=1S/C19H25N5O/c1-3-10-24(11-12-25)13-15-4-6-16(7-5-15)21-19-18-14(2)22-23-17(18)8-9-20-19/h4-9,25H,3,10-13H2,1-2H3,(H,20,21)(H,22,23). The number of aryl methyl sites for hydroxylation is 1. The molecule has 6 nitrogen and oxygen atoms in total. The van der Waals surface area contributed by atoms with E-state index in [1.807, 2.05) is 13.0 Å². The number of aromatic nitrogens is 3. The topological polar surface area (TPSA) is 77.1 Å². The highest BCUT2D eigenvalue weighted by atomic mass is 16.3. The van der Waals surface area contributed by atoms with E-state index in [4.69, 9.17) is 0 Å². The van der Waals surface area contributed by atoms with Crippen LogP contribution in [0.1, 0.15) is 24.6 Å². The van der Waals surface area contributed by atoms with Crippen molar-refractivity contribution in [2.75, 3.05) is 25.0 Å². The lowest BCUT2D eigenvalue weighted by Gasteiger charge is -2.20. The van der Waals surface area contributed by atoms with Crippen molar-refractivity contribution in [2.24, 2.45) is 0 Å². The van der Waals surface area contributed by atoms with Gasteiger partial charge in [0.15, 0.2) is 0 Å². The number of rotatable bonds is 8. The summed E-state index contributed by atoms with van der Waals surface area (Å²) in [7, 11) is 0. The van der Waals surface area contributed by atoms with Gasteiger partial charge in [0.2, 0.25) is 0 Å². The van der Waals surface area contributed by atoms with Gasteiger partial charge < -0.3 is 10.4 Å². The number of aromatic amines is 1. The minimum atomic E-state index is 0.194. The number of benzene rings is 1. The van der Waals surface area contributed by atoms with Crippen LogP contribution in [-0.4, -0.2) is 44.9 Å². The Morgan fingerprint density at radius 2 is 1.96 bits per heavy atom. The Labute approximate surface area is 147 Å². The van der Waals surface area contributed by atoms with Crippen molar-refractivity contribution in [1.29, 1.82) is 0 Å². The van der Waals surface area contributed by atoms with E-state index in [1.54, 1.807) is 6.20 Å². The third kappa shape index (κ3) is 4.15. The van der Waals surface area contributed by atoms with Crippen LogP contribution in [-0.2, 0) is 6.54 Å². The van der Waals surface area contributed by atoms with Crippen LogP contribution in [0.2, 0.25) is 0 Å². The van der Waals surface area contributed by atoms with Crippen LogP contribution in [0.25, 0.3) is 10.9 Å². The van der Waals surface area contributed by atoms with E-state index in [0.717, 1.165) is 47.6 Å². The van der Waals surface area contributed by atoms with Gasteiger partial charge in [-0.2, -0.15) is 5.10 Å². The first-order chi connectivity index (χ1) is 12.2. The van der Waals surface area contributed by atoms with Crippen LogP contribution in [0.15, 0.2) is 36.5 Å². The Hall–Kier alpha value is -2.44. The van der Waals surface area contributed by atoms with E-state index < -0.39 is 0 Å². The predicted octanol–water partition coefficient (Wildman–Crippen LogP) is 3.21. The van der Waals surface area contributed by atoms with Crippen LogP contribution >= 0.6 is 0 Å². The molecule has 3 N–H and O–H groups in total. The molecule has 0 aliphatic heterocycles. The molecule has 0 bridgehead atoms. The summed E-state index contributed by atoms with van der Waals surface area (Å²) in [5.41, 5.74) is 4.14. The third-order valence-corrected chi connectivity index (χ3v) is 4.23. The summed E-state index contributed by atoms with van der Waals surface area (Å²) in [6.07, 6.45) is 2.84. The molecule has 0 fully saturated rings. The van der Waals surface area contributed by atoms with Crippen molar-refractivity contribution in [3.63, 3.8) is 0 Å². The molecule has 0 atom stereocenters. The maximum atomic E-state index is 9.17. The van der Waals surface area contributed by atoms with Gasteiger partial charge in [-0.25, -0.2) is 4.98 Å². The lowest BCUT2D eigenvalue weighted by atomic mass is 10.2. The monoisotopic (exact) mass is 339 g/mol. The highest BCUT2D eigenvalue weighted by Crippen LogP contribution is 2.25. The van der Waals surface area contributed by atoms with Crippen molar-refractivity contribution >= 4 is 22.4 Å². The predicted molar refractivity (Wildman–Crippen MR) is 101 cm³/mol. The third-order valence-electron chi connectivity index (χ3n) is 4.23. The molecule has 132 valence electrons. The molecule has 2 heterocycles. The van der Waals surface area contributed by atoms with E-state index in [1.165, 1.54) is 5.56 Å². The number of nitrogens with zero attached hydrogens (tertiary/aromatic N) is 3. The quantitative estimate of drug-likeness (QED) is 0.587. The van der Waals surface area contributed by atoms with Crippen LogP contribution in [0.4, 0.5) is 11.5 Å². The molecule has 0 saturated carbocycles. The van der Waals surface area contributed by atoms with Crippen molar-refractivity contribution in [3.8, 4) is 0 Å². The van der Waals surface area contributed by atoms with Crippen molar-refractivity contribution in [1.82, 2.24) is 20.1 Å². The fourth-order valence-electron chi connectivity index (χ4n) is 3.03. The van der Waals surface area contributed by atoms with Crippen LogP contribution in [0.3, 0.4) is 0 Å². The van der Waals surface area contributed by atoms with Gasteiger partial charge in [-0.15, -0.1) is 0 Å². The smallest absolute Gasteiger partial charge is 0.141 e. The first-order valence-electron chi connectivity index (χ1n) is 8.70. The first-order valence-corrected chi connectivity index (χ1v) is 8.70. The summed E-state index contributed by atoms with van der Waals surface area (Å²) in [6.45, 7) is 6.89. The second-order valence-electron chi connectivity index (χ2n) is 6.22. The zero-order valence-electron chi connectivity index (χ0n) is 14.8. The Morgan fingerprint density at radius 3 is 2.68 bits per heavy atom. The SMILES string of the molecule is CCCN(CCO)Cc1ccc(Nc2nccc3n[nH]c(C)c23)cc1. The van der Waals surface area contributed by atoms with Gasteiger partial charge in [0.1, 0.15) is 5.82 Å². The second kappa shape index (κ2) is 8.09. The molecule has 0 amide bonds. The molecular weight excluding hydrogens is 314 g/mol. The summed E-state index contributed by atoms with van der Waals surface area (Å²) in [5.74, 6) is 0.810. The normalized spacial score (nSPS) is 11.4. The summed E-state index contributed by atoms with van der Waals surface area (Å²) in [4.78, 5) is 6.71. The number of H-pyrrole nitrogens is 1. The van der Waals surface area contributed by atoms with Crippen LogP contribution in [0, 0.1) is 6.92 Å².